The van der Waals surface area contributed by atoms with E-state index in [0.29, 0.717) is 0 Å². The van der Waals surface area contributed by atoms with Gasteiger partial charge >= 0.3 is 0 Å². The summed E-state index contributed by atoms with van der Waals surface area (Å²) in [6.45, 7) is 0. The summed E-state index contributed by atoms with van der Waals surface area (Å²) in [6.07, 6.45) is 14.2. The smallest absolute Gasteiger partial charge is 0.00184 e. The molecule has 0 amide bonds. The summed E-state index contributed by atoms with van der Waals surface area (Å²) in [6, 6.07) is 28.0. The van der Waals surface area contributed by atoms with Crippen molar-refractivity contribution in [1.29, 1.82) is 0 Å². The molecule has 2 aliphatic carbocycles. The SMILES string of the molecule is c1ccc2c(-c3c(PC4CCCCC4)ccc4ccccc34)c(PC3CCCCC3)ccc2c1. The number of hydrogen-bond donors (Lipinski definition) is 0. The molecule has 0 nitrogen and oxygen atoms in total. The molecule has 4 aromatic carbocycles. The van der Waals surface area contributed by atoms with E-state index in [1.54, 1.807) is 21.7 Å². The molecule has 2 atom stereocenters. The highest BCUT2D eigenvalue weighted by atomic mass is 31.1. The van der Waals surface area contributed by atoms with Gasteiger partial charge < -0.3 is 0 Å². The van der Waals surface area contributed by atoms with E-state index >= 15 is 0 Å². The molecular weight excluding hydrogens is 446 g/mol. The molecule has 0 spiro atoms. The summed E-state index contributed by atoms with van der Waals surface area (Å²) < 4.78 is 0. The zero-order chi connectivity index (χ0) is 22.7. The zero-order valence-electron chi connectivity index (χ0n) is 20.2. The summed E-state index contributed by atoms with van der Waals surface area (Å²) in [7, 11) is 1.84. The van der Waals surface area contributed by atoms with E-state index in [0.717, 1.165) is 28.5 Å². The normalized spacial score (nSPS) is 18.7. The van der Waals surface area contributed by atoms with Crippen LogP contribution in [0.15, 0.2) is 72.8 Å². The fourth-order valence-electron chi connectivity index (χ4n) is 6.26. The van der Waals surface area contributed by atoms with Gasteiger partial charge in [-0.3, -0.25) is 0 Å². The van der Waals surface area contributed by atoms with Crippen molar-refractivity contribution >= 4 is 49.3 Å². The van der Waals surface area contributed by atoms with Crippen molar-refractivity contribution in [3.05, 3.63) is 72.8 Å². The first-order chi connectivity index (χ1) is 16.9. The molecule has 34 heavy (non-hydrogen) atoms. The lowest BCUT2D eigenvalue weighted by Crippen LogP contribution is -2.16. The second-order valence-corrected chi connectivity index (χ2v) is 13.7. The van der Waals surface area contributed by atoms with Gasteiger partial charge in [0.1, 0.15) is 0 Å². The van der Waals surface area contributed by atoms with Crippen molar-refractivity contribution in [1.82, 2.24) is 0 Å². The molecular formula is C32H36P2. The third-order valence-corrected chi connectivity index (χ3v) is 11.5. The first-order valence-electron chi connectivity index (χ1n) is 13.4. The van der Waals surface area contributed by atoms with Crippen LogP contribution in [0.2, 0.25) is 0 Å². The molecule has 0 N–H and O–H groups in total. The van der Waals surface area contributed by atoms with Crippen LogP contribution >= 0.6 is 17.2 Å². The van der Waals surface area contributed by atoms with Crippen molar-refractivity contribution in [2.75, 3.05) is 0 Å². The average Bonchev–Trinajstić information content (AvgIpc) is 2.90. The summed E-state index contributed by atoms with van der Waals surface area (Å²) in [4.78, 5) is 0. The minimum Gasteiger partial charge on any atom is -0.0865 e. The Hall–Kier alpha value is -1.74. The van der Waals surface area contributed by atoms with E-state index in [4.69, 9.17) is 0 Å². The minimum atomic E-state index is 0.868. The molecule has 174 valence electrons. The lowest BCUT2D eigenvalue weighted by Gasteiger charge is -2.26. The Bertz CT molecular complexity index is 1180. The Balaban J connectivity index is 1.56. The van der Waals surface area contributed by atoms with Crippen LogP contribution in [-0.2, 0) is 0 Å². The molecule has 2 unspecified atom stereocenters. The molecule has 0 heterocycles. The Kier molecular flexibility index (Phi) is 7.00. The first-order valence-corrected chi connectivity index (χ1v) is 15.6. The first kappa shape index (κ1) is 22.7. The summed E-state index contributed by atoms with van der Waals surface area (Å²) in [5, 5.41) is 8.89. The molecule has 4 aromatic rings. The number of benzene rings is 4. The summed E-state index contributed by atoms with van der Waals surface area (Å²) in [5.41, 5.74) is 4.84. The maximum atomic E-state index is 2.49. The van der Waals surface area contributed by atoms with Crippen LogP contribution in [0.1, 0.15) is 64.2 Å². The number of fused-ring (bicyclic) bond motifs is 2. The van der Waals surface area contributed by atoms with Gasteiger partial charge in [-0.15, -0.1) is 0 Å². The Morgan fingerprint density at radius 3 is 1.29 bits per heavy atom. The van der Waals surface area contributed by atoms with Gasteiger partial charge in [0.2, 0.25) is 0 Å². The number of rotatable bonds is 5. The van der Waals surface area contributed by atoms with E-state index < -0.39 is 0 Å². The molecule has 2 heteroatoms. The van der Waals surface area contributed by atoms with Crippen LogP contribution in [-0.4, -0.2) is 11.3 Å². The molecule has 2 aliphatic rings. The van der Waals surface area contributed by atoms with Gasteiger partial charge in [-0.1, -0.05) is 128 Å². The molecule has 2 fully saturated rings. The topological polar surface area (TPSA) is 0 Å². The maximum Gasteiger partial charge on any atom is -0.00184 e. The second kappa shape index (κ2) is 10.5. The quantitative estimate of drug-likeness (QED) is 0.249. The van der Waals surface area contributed by atoms with Crippen LogP contribution < -0.4 is 10.6 Å². The van der Waals surface area contributed by atoms with E-state index in [1.165, 1.54) is 85.8 Å². The summed E-state index contributed by atoms with van der Waals surface area (Å²) >= 11 is 0. The highest BCUT2D eigenvalue weighted by Gasteiger charge is 2.22. The third-order valence-electron chi connectivity index (χ3n) is 8.04. The molecule has 6 rings (SSSR count). The standard InChI is InChI=1S/C32H36P2/c1-3-13-25(14-4-1)33-29-21-19-23-11-7-9-17-27(23)31(29)32-28-18-10-8-12-24(28)20-22-30(32)34-26-15-5-2-6-16-26/h7-12,17-22,25-26,33-34H,1-6,13-16H2. The summed E-state index contributed by atoms with van der Waals surface area (Å²) in [5.74, 6) is 0. The third kappa shape index (κ3) is 4.70. The number of hydrogen-bond acceptors (Lipinski definition) is 0. The molecule has 0 aliphatic heterocycles. The van der Waals surface area contributed by atoms with Crippen molar-refractivity contribution in [3.8, 4) is 11.1 Å². The zero-order valence-corrected chi connectivity index (χ0v) is 22.2. The molecule has 2 saturated carbocycles. The van der Waals surface area contributed by atoms with Gasteiger partial charge in [0.25, 0.3) is 0 Å². The van der Waals surface area contributed by atoms with Crippen molar-refractivity contribution in [3.63, 3.8) is 0 Å². The monoisotopic (exact) mass is 482 g/mol. The average molecular weight is 483 g/mol. The van der Waals surface area contributed by atoms with Crippen molar-refractivity contribution in [2.45, 2.75) is 75.5 Å². The van der Waals surface area contributed by atoms with Crippen LogP contribution in [0.5, 0.6) is 0 Å². The lowest BCUT2D eigenvalue weighted by molar-refractivity contribution is 0.514. The van der Waals surface area contributed by atoms with Gasteiger partial charge in [0.05, 0.1) is 0 Å². The Morgan fingerprint density at radius 1 is 0.441 bits per heavy atom. The molecule has 0 bridgehead atoms. The fourth-order valence-corrected chi connectivity index (χ4v) is 9.70. The minimum absolute atomic E-state index is 0.868. The van der Waals surface area contributed by atoms with Gasteiger partial charge in [0.15, 0.2) is 0 Å². The van der Waals surface area contributed by atoms with Crippen LogP contribution in [0.3, 0.4) is 0 Å². The van der Waals surface area contributed by atoms with Gasteiger partial charge in [-0.2, -0.15) is 0 Å². The second-order valence-electron chi connectivity index (χ2n) is 10.4. The van der Waals surface area contributed by atoms with Gasteiger partial charge in [-0.05, 0) is 80.3 Å². The van der Waals surface area contributed by atoms with Crippen LogP contribution in [0, 0.1) is 0 Å². The Labute approximate surface area is 208 Å². The highest BCUT2D eigenvalue weighted by Crippen LogP contribution is 2.42. The highest BCUT2D eigenvalue weighted by molar-refractivity contribution is 7.49. The predicted octanol–water partition coefficient (Wildman–Crippen LogP) is 8.93. The maximum absolute atomic E-state index is 2.49. The fraction of sp³-hybridized carbons (Fsp3) is 0.375. The largest absolute Gasteiger partial charge is 0.0865 e. The Morgan fingerprint density at radius 2 is 0.853 bits per heavy atom. The van der Waals surface area contributed by atoms with E-state index in [1.807, 2.05) is 0 Å². The molecule has 0 saturated heterocycles. The van der Waals surface area contributed by atoms with Crippen molar-refractivity contribution < 1.29 is 0 Å². The van der Waals surface area contributed by atoms with Gasteiger partial charge in [0, 0.05) is 0 Å². The van der Waals surface area contributed by atoms with E-state index in [-0.39, 0.29) is 0 Å². The van der Waals surface area contributed by atoms with Crippen LogP contribution in [0.4, 0.5) is 0 Å². The van der Waals surface area contributed by atoms with Crippen molar-refractivity contribution in [2.24, 2.45) is 0 Å². The molecule has 0 radical (unpaired) electrons. The molecule has 0 aromatic heterocycles. The predicted molar refractivity (Wildman–Crippen MR) is 157 cm³/mol. The van der Waals surface area contributed by atoms with E-state index in [9.17, 15) is 0 Å². The van der Waals surface area contributed by atoms with Gasteiger partial charge in [-0.25, -0.2) is 0 Å². The van der Waals surface area contributed by atoms with E-state index in [2.05, 4.69) is 72.8 Å². The lowest BCUT2D eigenvalue weighted by atomic mass is 9.93. The van der Waals surface area contributed by atoms with Crippen LogP contribution in [0.25, 0.3) is 32.7 Å².